The summed E-state index contributed by atoms with van der Waals surface area (Å²) in [5.41, 5.74) is 6.22. The van der Waals surface area contributed by atoms with Gasteiger partial charge in [-0.3, -0.25) is 4.98 Å². The molecule has 2 aromatic rings. The summed E-state index contributed by atoms with van der Waals surface area (Å²) in [5.74, 6) is 0.470. The number of pyridine rings is 1. The summed E-state index contributed by atoms with van der Waals surface area (Å²) in [4.78, 5) is 5.03. The first kappa shape index (κ1) is 16.0. The minimum Gasteiger partial charge on any atom is -0.253 e. The predicted molar refractivity (Wildman–Crippen MR) is 96.2 cm³/mol. The van der Waals surface area contributed by atoms with Crippen LogP contribution in [-0.4, -0.2) is 13.1 Å². The molecule has 0 aliphatic carbocycles. The van der Waals surface area contributed by atoms with Gasteiger partial charge in [0.15, 0.2) is 0 Å². The third-order valence-corrected chi connectivity index (χ3v) is 5.84. The highest BCUT2D eigenvalue weighted by atomic mass is 28.3. The molecule has 0 bridgehead atoms. The van der Waals surface area contributed by atoms with Crippen LogP contribution >= 0.6 is 0 Å². The van der Waals surface area contributed by atoms with Gasteiger partial charge in [-0.15, -0.1) is 0 Å². The summed E-state index contributed by atoms with van der Waals surface area (Å²) in [6.07, 6.45) is 0. The Morgan fingerprint density at radius 3 is 1.95 bits per heavy atom. The third kappa shape index (κ3) is 3.62. The van der Waals surface area contributed by atoms with Crippen LogP contribution in [0.4, 0.5) is 0 Å². The van der Waals surface area contributed by atoms with Gasteiger partial charge in [-0.25, -0.2) is 0 Å². The minimum absolute atomic E-state index is 0.470. The van der Waals surface area contributed by atoms with Gasteiger partial charge >= 0.3 is 0 Å². The number of aromatic nitrogens is 1. The fourth-order valence-electron chi connectivity index (χ4n) is 2.83. The lowest BCUT2D eigenvalue weighted by Crippen LogP contribution is -2.41. The molecular weight excluding hydrogens is 270 g/mol. The van der Waals surface area contributed by atoms with Gasteiger partial charge in [0.1, 0.15) is 0 Å². The zero-order valence-corrected chi connectivity index (χ0v) is 15.4. The molecular formula is C19H27NSi. The second-order valence-corrected chi connectivity index (χ2v) is 12.4. The molecule has 21 heavy (non-hydrogen) atoms. The van der Waals surface area contributed by atoms with Crippen LogP contribution in [0.3, 0.4) is 0 Å². The SMILES string of the molecule is Cc1cc(C)cc(-c2ccc([Si](C)(C)C)c(C(C)C)n2)c1. The van der Waals surface area contributed by atoms with E-state index in [4.69, 9.17) is 4.98 Å². The van der Waals surface area contributed by atoms with Crippen molar-refractivity contribution in [2.75, 3.05) is 0 Å². The molecule has 0 unspecified atom stereocenters. The third-order valence-electron chi connectivity index (χ3n) is 3.80. The van der Waals surface area contributed by atoms with Crippen molar-refractivity contribution in [3.05, 3.63) is 47.2 Å². The lowest BCUT2D eigenvalue weighted by atomic mass is 10.0. The Morgan fingerprint density at radius 2 is 1.48 bits per heavy atom. The molecule has 0 radical (unpaired) electrons. The molecule has 0 aliphatic heterocycles. The van der Waals surface area contributed by atoms with Crippen molar-refractivity contribution in [2.24, 2.45) is 0 Å². The molecule has 2 heteroatoms. The number of nitrogens with zero attached hydrogens (tertiary/aromatic N) is 1. The van der Waals surface area contributed by atoms with Gasteiger partial charge in [0.2, 0.25) is 0 Å². The van der Waals surface area contributed by atoms with E-state index in [9.17, 15) is 0 Å². The second-order valence-electron chi connectivity index (χ2n) is 7.41. The summed E-state index contributed by atoms with van der Waals surface area (Å²) >= 11 is 0. The Hall–Kier alpha value is -1.41. The molecule has 0 atom stereocenters. The maximum Gasteiger partial charge on any atom is 0.0800 e. The van der Waals surface area contributed by atoms with Gasteiger partial charge in [0, 0.05) is 11.3 Å². The Balaban J connectivity index is 2.59. The first-order chi connectivity index (χ1) is 9.68. The van der Waals surface area contributed by atoms with Crippen molar-refractivity contribution in [1.29, 1.82) is 0 Å². The largest absolute Gasteiger partial charge is 0.253 e. The molecule has 1 aromatic carbocycles. The highest BCUT2D eigenvalue weighted by Gasteiger charge is 2.23. The molecule has 1 aromatic heterocycles. The van der Waals surface area contributed by atoms with Crippen molar-refractivity contribution in [3.8, 4) is 11.3 Å². The van der Waals surface area contributed by atoms with Gasteiger partial charge in [-0.2, -0.15) is 0 Å². The molecule has 0 spiro atoms. The smallest absolute Gasteiger partial charge is 0.0800 e. The highest BCUT2D eigenvalue weighted by molar-refractivity contribution is 6.89. The number of hydrogen-bond acceptors (Lipinski definition) is 1. The topological polar surface area (TPSA) is 12.9 Å². The average molecular weight is 298 g/mol. The zero-order valence-electron chi connectivity index (χ0n) is 14.4. The van der Waals surface area contributed by atoms with Gasteiger partial charge in [-0.1, -0.05) is 56.7 Å². The molecule has 112 valence electrons. The van der Waals surface area contributed by atoms with E-state index in [1.54, 1.807) is 0 Å². The van der Waals surface area contributed by atoms with Crippen LogP contribution in [0.1, 0.15) is 36.6 Å². The van der Waals surface area contributed by atoms with Gasteiger partial charge in [0.25, 0.3) is 0 Å². The van der Waals surface area contributed by atoms with Crippen LogP contribution in [0.2, 0.25) is 19.6 Å². The van der Waals surface area contributed by atoms with Crippen molar-refractivity contribution in [2.45, 2.75) is 53.3 Å². The summed E-state index contributed by atoms with van der Waals surface area (Å²) in [7, 11) is -1.35. The Kier molecular flexibility index (Phi) is 4.38. The monoisotopic (exact) mass is 297 g/mol. The summed E-state index contributed by atoms with van der Waals surface area (Å²) < 4.78 is 0. The van der Waals surface area contributed by atoms with Crippen molar-refractivity contribution in [3.63, 3.8) is 0 Å². The standard InChI is InChI=1S/C19H27NSi/c1-13(2)19-18(21(5,6)7)9-8-17(20-19)16-11-14(3)10-15(4)12-16/h8-13H,1-7H3. The van der Waals surface area contributed by atoms with E-state index < -0.39 is 8.07 Å². The van der Waals surface area contributed by atoms with Crippen LogP contribution in [-0.2, 0) is 0 Å². The van der Waals surface area contributed by atoms with Gasteiger partial charge < -0.3 is 0 Å². The normalized spacial score (nSPS) is 12.0. The maximum absolute atomic E-state index is 5.03. The van der Waals surface area contributed by atoms with Crippen LogP contribution in [0.15, 0.2) is 30.3 Å². The van der Waals surface area contributed by atoms with E-state index in [0.29, 0.717) is 5.92 Å². The van der Waals surface area contributed by atoms with Crippen LogP contribution in [0.25, 0.3) is 11.3 Å². The van der Waals surface area contributed by atoms with E-state index in [1.165, 1.54) is 27.6 Å². The molecule has 0 N–H and O–H groups in total. The van der Waals surface area contributed by atoms with Crippen LogP contribution in [0, 0.1) is 13.8 Å². The number of benzene rings is 1. The van der Waals surface area contributed by atoms with Crippen molar-refractivity contribution < 1.29 is 0 Å². The van der Waals surface area contributed by atoms with E-state index in [0.717, 1.165) is 5.69 Å². The lowest BCUT2D eigenvalue weighted by molar-refractivity contribution is 0.831. The fraction of sp³-hybridized carbons (Fsp3) is 0.421. The van der Waals surface area contributed by atoms with E-state index in [1.807, 2.05) is 0 Å². The summed E-state index contributed by atoms with van der Waals surface area (Å²) in [6.45, 7) is 16.0. The molecule has 0 fully saturated rings. The van der Waals surface area contributed by atoms with E-state index >= 15 is 0 Å². The van der Waals surface area contributed by atoms with Crippen molar-refractivity contribution >= 4 is 13.3 Å². The molecule has 1 nitrogen and oxygen atoms in total. The molecule has 0 aliphatic rings. The number of rotatable bonds is 3. The first-order valence-electron chi connectivity index (χ1n) is 7.78. The Bertz CT molecular complexity index is 631. The molecule has 1 heterocycles. The maximum atomic E-state index is 5.03. The van der Waals surface area contributed by atoms with Gasteiger partial charge in [-0.05, 0) is 43.2 Å². The quantitative estimate of drug-likeness (QED) is 0.724. The number of aryl methyl sites for hydroxylation is 2. The Morgan fingerprint density at radius 1 is 0.905 bits per heavy atom. The van der Waals surface area contributed by atoms with Gasteiger partial charge in [0.05, 0.1) is 13.8 Å². The summed E-state index contributed by atoms with van der Waals surface area (Å²) in [5, 5.41) is 1.49. The van der Waals surface area contributed by atoms with Crippen LogP contribution in [0.5, 0.6) is 0 Å². The molecule has 0 saturated heterocycles. The fourth-order valence-corrected chi connectivity index (χ4v) is 4.53. The molecule has 2 rings (SSSR count). The molecule has 0 amide bonds. The molecule has 0 saturated carbocycles. The highest BCUT2D eigenvalue weighted by Crippen LogP contribution is 2.23. The zero-order chi connectivity index (χ0) is 15.8. The van der Waals surface area contributed by atoms with Crippen LogP contribution < -0.4 is 5.19 Å². The lowest BCUT2D eigenvalue weighted by Gasteiger charge is -2.23. The van der Waals surface area contributed by atoms with E-state index in [2.05, 4.69) is 77.7 Å². The summed E-state index contributed by atoms with van der Waals surface area (Å²) in [6, 6.07) is 11.2. The Labute approximate surface area is 130 Å². The number of hydrogen-bond donors (Lipinski definition) is 0. The van der Waals surface area contributed by atoms with Crippen molar-refractivity contribution in [1.82, 2.24) is 4.98 Å². The second kappa shape index (κ2) is 5.76. The minimum atomic E-state index is -1.35. The average Bonchev–Trinajstić information content (AvgIpc) is 2.35. The first-order valence-corrected chi connectivity index (χ1v) is 11.3. The predicted octanol–water partition coefficient (Wildman–Crippen LogP) is 5.03. The van der Waals surface area contributed by atoms with E-state index in [-0.39, 0.29) is 0 Å².